The van der Waals surface area contributed by atoms with Crippen molar-refractivity contribution in [2.24, 2.45) is 0 Å². The van der Waals surface area contributed by atoms with E-state index in [1.54, 1.807) is 12.3 Å². The molecule has 1 N–H and O–H groups in total. The summed E-state index contributed by atoms with van der Waals surface area (Å²) in [5.74, 6) is 0.551. The predicted molar refractivity (Wildman–Crippen MR) is 87.0 cm³/mol. The molecule has 0 aliphatic rings. The number of benzene rings is 1. The number of anilines is 1. The van der Waals surface area contributed by atoms with Crippen molar-refractivity contribution in [3.05, 3.63) is 94.4 Å². The van der Waals surface area contributed by atoms with Crippen molar-refractivity contribution in [1.29, 1.82) is 0 Å². The maximum Gasteiger partial charge on any atom is 0.287 e. The second-order valence-electron chi connectivity index (χ2n) is 4.90. The van der Waals surface area contributed by atoms with Gasteiger partial charge in [-0.2, -0.15) is 0 Å². The molecule has 3 rings (SSSR count). The zero-order valence-corrected chi connectivity index (χ0v) is 12.2. The molecule has 6 nitrogen and oxygen atoms in total. The molecule has 0 amide bonds. The van der Waals surface area contributed by atoms with Gasteiger partial charge in [-0.15, -0.1) is 0 Å². The number of pyridine rings is 2. The number of aromatic nitrogens is 2. The van der Waals surface area contributed by atoms with Crippen molar-refractivity contribution in [2.45, 2.75) is 6.04 Å². The molecule has 0 aliphatic carbocycles. The molecule has 0 saturated heterocycles. The SMILES string of the molecule is O=[N+]([O-])c1ccc(N[C@@H](c2ccccc2)c2ccccn2)nc1. The third-order valence-corrected chi connectivity index (χ3v) is 3.37. The van der Waals surface area contributed by atoms with Crippen molar-refractivity contribution < 1.29 is 4.92 Å². The van der Waals surface area contributed by atoms with E-state index in [4.69, 9.17) is 0 Å². The second kappa shape index (κ2) is 6.65. The summed E-state index contributed by atoms with van der Waals surface area (Å²) < 4.78 is 0. The van der Waals surface area contributed by atoms with Gasteiger partial charge in [-0.3, -0.25) is 15.1 Å². The zero-order chi connectivity index (χ0) is 16.1. The molecule has 0 spiro atoms. The van der Waals surface area contributed by atoms with Crippen LogP contribution in [0.3, 0.4) is 0 Å². The molecule has 2 aromatic heterocycles. The minimum atomic E-state index is -0.468. The van der Waals surface area contributed by atoms with Gasteiger partial charge in [0.05, 0.1) is 16.7 Å². The van der Waals surface area contributed by atoms with E-state index >= 15 is 0 Å². The van der Waals surface area contributed by atoms with Gasteiger partial charge in [-0.05, 0) is 23.8 Å². The fraction of sp³-hybridized carbons (Fsp3) is 0.0588. The minimum Gasteiger partial charge on any atom is -0.358 e. The summed E-state index contributed by atoms with van der Waals surface area (Å²) in [5, 5.41) is 14.0. The van der Waals surface area contributed by atoms with E-state index in [9.17, 15) is 10.1 Å². The summed E-state index contributed by atoms with van der Waals surface area (Å²) >= 11 is 0. The van der Waals surface area contributed by atoms with E-state index in [0.29, 0.717) is 5.82 Å². The van der Waals surface area contributed by atoms with Crippen molar-refractivity contribution in [1.82, 2.24) is 9.97 Å². The second-order valence-corrected chi connectivity index (χ2v) is 4.90. The molecule has 23 heavy (non-hydrogen) atoms. The first-order chi connectivity index (χ1) is 11.2. The number of hydrogen-bond acceptors (Lipinski definition) is 5. The van der Waals surface area contributed by atoms with Crippen LogP contribution in [0, 0.1) is 10.1 Å². The van der Waals surface area contributed by atoms with Crippen LogP contribution in [0.25, 0.3) is 0 Å². The molecule has 0 unspecified atom stereocenters. The van der Waals surface area contributed by atoms with E-state index in [-0.39, 0.29) is 11.7 Å². The molecule has 0 saturated carbocycles. The Hall–Kier alpha value is -3.28. The summed E-state index contributed by atoms with van der Waals surface area (Å²) in [6.07, 6.45) is 2.97. The quantitative estimate of drug-likeness (QED) is 0.575. The average Bonchev–Trinajstić information content (AvgIpc) is 2.61. The van der Waals surface area contributed by atoms with Gasteiger partial charge in [-0.1, -0.05) is 36.4 Å². The van der Waals surface area contributed by atoms with Crippen LogP contribution in [0.2, 0.25) is 0 Å². The van der Waals surface area contributed by atoms with Crippen LogP contribution in [0.1, 0.15) is 17.3 Å². The number of rotatable bonds is 5. The first-order valence-corrected chi connectivity index (χ1v) is 7.07. The van der Waals surface area contributed by atoms with Crippen LogP contribution >= 0.6 is 0 Å². The van der Waals surface area contributed by atoms with Crippen LogP contribution < -0.4 is 5.32 Å². The number of nitrogens with one attached hydrogen (secondary N) is 1. The number of nitro groups is 1. The van der Waals surface area contributed by atoms with Crippen molar-refractivity contribution in [2.75, 3.05) is 5.32 Å². The first kappa shape index (κ1) is 14.6. The van der Waals surface area contributed by atoms with Crippen LogP contribution in [0.15, 0.2) is 73.1 Å². The van der Waals surface area contributed by atoms with Crippen LogP contribution in [0.4, 0.5) is 11.5 Å². The Balaban J connectivity index is 1.92. The van der Waals surface area contributed by atoms with Gasteiger partial charge in [0.15, 0.2) is 0 Å². The van der Waals surface area contributed by atoms with Crippen LogP contribution in [0.5, 0.6) is 0 Å². The fourth-order valence-corrected chi connectivity index (χ4v) is 2.25. The van der Waals surface area contributed by atoms with Gasteiger partial charge in [0, 0.05) is 12.3 Å². The van der Waals surface area contributed by atoms with Gasteiger partial charge in [0.2, 0.25) is 0 Å². The van der Waals surface area contributed by atoms with Gasteiger partial charge < -0.3 is 5.32 Å². The molecule has 114 valence electrons. The van der Waals surface area contributed by atoms with E-state index in [1.165, 1.54) is 12.3 Å². The molecule has 0 bridgehead atoms. The maximum absolute atomic E-state index is 10.7. The number of nitrogens with zero attached hydrogens (tertiary/aromatic N) is 3. The molecule has 0 radical (unpaired) electrons. The Morgan fingerprint density at radius 3 is 2.35 bits per heavy atom. The predicted octanol–water partition coefficient (Wildman–Crippen LogP) is 3.59. The largest absolute Gasteiger partial charge is 0.358 e. The van der Waals surface area contributed by atoms with Crippen molar-refractivity contribution >= 4 is 11.5 Å². The highest BCUT2D eigenvalue weighted by Gasteiger charge is 2.16. The van der Waals surface area contributed by atoms with E-state index in [2.05, 4.69) is 15.3 Å². The molecule has 1 aromatic carbocycles. The fourth-order valence-electron chi connectivity index (χ4n) is 2.25. The highest BCUT2D eigenvalue weighted by Crippen LogP contribution is 2.24. The third-order valence-electron chi connectivity index (χ3n) is 3.37. The molecule has 0 fully saturated rings. The monoisotopic (exact) mass is 306 g/mol. The lowest BCUT2D eigenvalue weighted by Gasteiger charge is -2.19. The first-order valence-electron chi connectivity index (χ1n) is 7.07. The molecule has 0 aliphatic heterocycles. The third kappa shape index (κ3) is 3.49. The van der Waals surface area contributed by atoms with Gasteiger partial charge in [-0.25, -0.2) is 4.98 Å². The van der Waals surface area contributed by atoms with Crippen molar-refractivity contribution in [3.63, 3.8) is 0 Å². The summed E-state index contributed by atoms with van der Waals surface area (Å²) in [6.45, 7) is 0. The molecule has 1 atom stereocenters. The highest BCUT2D eigenvalue weighted by molar-refractivity contribution is 5.45. The van der Waals surface area contributed by atoms with Gasteiger partial charge in [0.1, 0.15) is 12.0 Å². The summed E-state index contributed by atoms with van der Waals surface area (Å²) in [6, 6.07) is 18.4. The minimum absolute atomic E-state index is 0.0374. The standard InChI is InChI=1S/C17H14N4O2/c22-21(23)14-9-10-16(19-12-14)20-17(13-6-2-1-3-7-13)15-8-4-5-11-18-15/h1-12,17H,(H,19,20)/t17-/m0/s1. The van der Waals surface area contributed by atoms with Gasteiger partial charge >= 0.3 is 0 Å². The molecule has 2 heterocycles. The summed E-state index contributed by atoms with van der Waals surface area (Å²) in [4.78, 5) is 18.8. The topological polar surface area (TPSA) is 81.0 Å². The Kier molecular flexibility index (Phi) is 4.24. The smallest absolute Gasteiger partial charge is 0.287 e. The van der Waals surface area contributed by atoms with Crippen molar-refractivity contribution in [3.8, 4) is 0 Å². The molecular formula is C17H14N4O2. The molecule has 3 aromatic rings. The number of hydrogen-bond donors (Lipinski definition) is 1. The average molecular weight is 306 g/mol. The lowest BCUT2D eigenvalue weighted by atomic mass is 10.0. The summed E-state index contributed by atoms with van der Waals surface area (Å²) in [7, 11) is 0. The van der Waals surface area contributed by atoms with E-state index < -0.39 is 4.92 Å². The van der Waals surface area contributed by atoms with Crippen LogP contribution in [-0.4, -0.2) is 14.9 Å². The molecule has 6 heteroatoms. The van der Waals surface area contributed by atoms with Crippen LogP contribution in [-0.2, 0) is 0 Å². The Labute approximate surface area is 133 Å². The zero-order valence-electron chi connectivity index (χ0n) is 12.2. The lowest BCUT2D eigenvalue weighted by Crippen LogP contribution is -2.14. The van der Waals surface area contributed by atoms with E-state index in [1.807, 2.05) is 48.5 Å². The Bertz CT molecular complexity index is 737. The highest BCUT2D eigenvalue weighted by atomic mass is 16.6. The summed E-state index contributed by atoms with van der Waals surface area (Å²) in [5.41, 5.74) is 1.84. The lowest BCUT2D eigenvalue weighted by molar-refractivity contribution is -0.385. The maximum atomic E-state index is 10.7. The molecular weight excluding hydrogens is 292 g/mol. The Morgan fingerprint density at radius 2 is 1.74 bits per heavy atom. The van der Waals surface area contributed by atoms with Gasteiger partial charge in [0.25, 0.3) is 5.69 Å². The Morgan fingerprint density at radius 1 is 0.957 bits per heavy atom. The normalized spacial score (nSPS) is 11.7. The van der Waals surface area contributed by atoms with E-state index in [0.717, 1.165) is 11.3 Å².